The Balaban J connectivity index is 1.50. The number of nitrogens with zero attached hydrogens (tertiary/aromatic N) is 2. The summed E-state index contributed by atoms with van der Waals surface area (Å²) in [6.07, 6.45) is 3.20. The maximum absolute atomic E-state index is 13.7. The molecule has 5 nitrogen and oxygen atoms in total. The molecule has 0 aliphatic heterocycles. The molecule has 0 atom stereocenters. The van der Waals surface area contributed by atoms with E-state index in [0.29, 0.717) is 27.4 Å². The average molecular weight is 481 g/mol. The first kappa shape index (κ1) is 21.9. The van der Waals surface area contributed by atoms with E-state index < -0.39 is 0 Å². The third-order valence-corrected chi connectivity index (χ3v) is 7.95. The smallest absolute Gasteiger partial charge is 0.336 e. The van der Waals surface area contributed by atoms with Crippen molar-refractivity contribution >= 4 is 33.6 Å². The molecule has 3 aromatic carbocycles. The zero-order valence-electron chi connectivity index (χ0n) is 19.6. The molecule has 0 saturated heterocycles. The monoisotopic (exact) mass is 480 g/mol. The SMILES string of the molecule is Cc1cccc(-n2c(SCc3cc(=O)oc4cc5c(cc34)CCC5)nc3ccccc3c2=O)c1C. The van der Waals surface area contributed by atoms with Crippen LogP contribution in [0, 0.1) is 13.8 Å². The fourth-order valence-corrected chi connectivity index (χ4v) is 5.95. The summed E-state index contributed by atoms with van der Waals surface area (Å²) in [5.74, 6) is 0.497. The fraction of sp³-hybridized carbons (Fsp3) is 0.207. The van der Waals surface area contributed by atoms with Gasteiger partial charge in [-0.2, -0.15) is 0 Å². The second-order valence-electron chi connectivity index (χ2n) is 9.12. The molecule has 2 aromatic heterocycles. The Morgan fingerprint density at radius 3 is 2.60 bits per heavy atom. The maximum Gasteiger partial charge on any atom is 0.336 e. The van der Waals surface area contributed by atoms with E-state index in [2.05, 4.69) is 6.07 Å². The summed E-state index contributed by atoms with van der Waals surface area (Å²) in [4.78, 5) is 30.9. The van der Waals surface area contributed by atoms with Gasteiger partial charge in [-0.05, 0) is 91.3 Å². The number of benzene rings is 3. The van der Waals surface area contributed by atoms with Gasteiger partial charge in [-0.25, -0.2) is 9.78 Å². The van der Waals surface area contributed by atoms with E-state index in [0.717, 1.165) is 47.0 Å². The van der Waals surface area contributed by atoms with Crippen LogP contribution in [0.3, 0.4) is 0 Å². The molecule has 2 heterocycles. The van der Waals surface area contributed by atoms with E-state index in [-0.39, 0.29) is 11.2 Å². The summed E-state index contributed by atoms with van der Waals surface area (Å²) in [5.41, 5.74) is 7.31. The Hall–Kier alpha value is -3.64. The molecule has 0 amide bonds. The Kier molecular flexibility index (Phi) is 5.33. The van der Waals surface area contributed by atoms with E-state index in [9.17, 15) is 9.59 Å². The van der Waals surface area contributed by atoms with Crippen LogP contribution in [0.15, 0.2) is 79.8 Å². The molecule has 0 fully saturated rings. The molecule has 6 rings (SSSR count). The van der Waals surface area contributed by atoms with Gasteiger partial charge in [0.25, 0.3) is 5.56 Å². The largest absolute Gasteiger partial charge is 0.423 e. The quantitative estimate of drug-likeness (QED) is 0.182. The van der Waals surface area contributed by atoms with E-state index >= 15 is 0 Å². The lowest BCUT2D eigenvalue weighted by Crippen LogP contribution is -2.22. The van der Waals surface area contributed by atoms with Crippen LogP contribution in [-0.4, -0.2) is 9.55 Å². The minimum absolute atomic E-state index is 0.0953. The van der Waals surface area contributed by atoms with Crippen LogP contribution in [0.2, 0.25) is 0 Å². The highest BCUT2D eigenvalue weighted by Crippen LogP contribution is 2.32. The zero-order valence-corrected chi connectivity index (χ0v) is 20.4. The highest BCUT2D eigenvalue weighted by atomic mass is 32.2. The predicted molar refractivity (Wildman–Crippen MR) is 141 cm³/mol. The molecule has 0 saturated carbocycles. The summed E-state index contributed by atoms with van der Waals surface area (Å²) in [6, 6.07) is 19.2. The molecule has 1 aliphatic carbocycles. The molecule has 0 spiro atoms. The first-order valence-corrected chi connectivity index (χ1v) is 12.8. The number of hydrogen-bond acceptors (Lipinski definition) is 5. The van der Waals surface area contributed by atoms with Crippen LogP contribution in [0.5, 0.6) is 0 Å². The van der Waals surface area contributed by atoms with Crippen molar-refractivity contribution in [2.24, 2.45) is 0 Å². The highest BCUT2D eigenvalue weighted by Gasteiger charge is 2.18. The van der Waals surface area contributed by atoms with Gasteiger partial charge in [0, 0.05) is 17.2 Å². The van der Waals surface area contributed by atoms with Crippen molar-refractivity contribution in [3.8, 4) is 5.69 Å². The lowest BCUT2D eigenvalue weighted by Gasteiger charge is -2.16. The molecular formula is C29H24N2O3S. The number of thioether (sulfide) groups is 1. The third kappa shape index (κ3) is 3.78. The normalized spacial score (nSPS) is 13.0. The van der Waals surface area contributed by atoms with Crippen molar-refractivity contribution in [3.05, 3.63) is 109 Å². The topological polar surface area (TPSA) is 65.1 Å². The van der Waals surface area contributed by atoms with Crippen LogP contribution in [-0.2, 0) is 18.6 Å². The Morgan fingerprint density at radius 1 is 0.943 bits per heavy atom. The molecule has 1 aliphatic rings. The number of para-hydroxylation sites is 1. The van der Waals surface area contributed by atoms with Gasteiger partial charge < -0.3 is 4.42 Å². The molecule has 0 unspecified atom stereocenters. The maximum atomic E-state index is 13.7. The van der Waals surface area contributed by atoms with Gasteiger partial charge in [0.1, 0.15) is 5.58 Å². The summed E-state index contributed by atoms with van der Waals surface area (Å²) >= 11 is 1.47. The molecule has 0 radical (unpaired) electrons. The number of aryl methyl sites for hydroxylation is 3. The van der Waals surface area contributed by atoms with Gasteiger partial charge in [-0.3, -0.25) is 9.36 Å². The summed E-state index contributed by atoms with van der Waals surface area (Å²) in [6.45, 7) is 4.07. The fourth-order valence-electron chi connectivity index (χ4n) is 4.96. The van der Waals surface area contributed by atoms with E-state index in [4.69, 9.17) is 9.40 Å². The number of hydrogen-bond donors (Lipinski definition) is 0. The zero-order chi connectivity index (χ0) is 24.1. The van der Waals surface area contributed by atoms with Crippen LogP contribution in [0.25, 0.3) is 27.6 Å². The second-order valence-corrected chi connectivity index (χ2v) is 10.1. The number of fused-ring (bicyclic) bond motifs is 3. The van der Waals surface area contributed by atoms with Crippen molar-refractivity contribution in [2.75, 3.05) is 0 Å². The van der Waals surface area contributed by atoms with Crippen LogP contribution in [0.1, 0.15) is 34.2 Å². The summed E-state index contributed by atoms with van der Waals surface area (Å²) in [7, 11) is 0. The lowest BCUT2D eigenvalue weighted by molar-refractivity contribution is 0.559. The molecule has 174 valence electrons. The van der Waals surface area contributed by atoms with Crippen LogP contribution >= 0.6 is 11.8 Å². The van der Waals surface area contributed by atoms with Gasteiger partial charge in [-0.15, -0.1) is 0 Å². The Labute approximate surface area is 206 Å². The van der Waals surface area contributed by atoms with E-state index in [1.807, 2.05) is 62.4 Å². The average Bonchev–Trinajstić information content (AvgIpc) is 3.31. The number of rotatable bonds is 4. The highest BCUT2D eigenvalue weighted by molar-refractivity contribution is 7.98. The van der Waals surface area contributed by atoms with Crippen molar-refractivity contribution in [1.82, 2.24) is 9.55 Å². The molecule has 0 N–H and O–H groups in total. The van der Waals surface area contributed by atoms with Crippen molar-refractivity contribution in [2.45, 2.75) is 44.0 Å². The van der Waals surface area contributed by atoms with Gasteiger partial charge in [0.05, 0.1) is 16.6 Å². The van der Waals surface area contributed by atoms with Gasteiger partial charge in [0.15, 0.2) is 5.16 Å². The van der Waals surface area contributed by atoms with Gasteiger partial charge >= 0.3 is 5.63 Å². The standard InChI is InChI=1S/C29H24N2O3S/c1-17-7-5-12-25(18(17)2)31-28(33)22-10-3-4-11-24(22)30-29(31)35-16-21-15-27(32)34-26-14-20-9-6-8-19(20)13-23(21)26/h3-5,7,10-15H,6,8-9,16H2,1-2H3. The predicted octanol–water partition coefficient (Wildman–Crippen LogP) is 5.89. The minimum atomic E-state index is -0.357. The van der Waals surface area contributed by atoms with Gasteiger partial charge in [-0.1, -0.05) is 36.0 Å². The molecule has 6 heteroatoms. The second kappa shape index (κ2) is 8.54. The van der Waals surface area contributed by atoms with Crippen molar-refractivity contribution in [1.29, 1.82) is 0 Å². The Bertz CT molecular complexity index is 1750. The first-order valence-electron chi connectivity index (χ1n) is 11.8. The van der Waals surface area contributed by atoms with E-state index in [1.54, 1.807) is 10.6 Å². The minimum Gasteiger partial charge on any atom is -0.423 e. The Morgan fingerprint density at radius 2 is 1.74 bits per heavy atom. The summed E-state index contributed by atoms with van der Waals surface area (Å²) < 4.78 is 7.25. The van der Waals surface area contributed by atoms with Crippen LogP contribution in [0.4, 0.5) is 0 Å². The van der Waals surface area contributed by atoms with E-state index in [1.165, 1.54) is 22.9 Å². The van der Waals surface area contributed by atoms with Crippen molar-refractivity contribution in [3.63, 3.8) is 0 Å². The molecular weight excluding hydrogens is 456 g/mol. The number of aromatic nitrogens is 2. The lowest BCUT2D eigenvalue weighted by atomic mass is 10.0. The summed E-state index contributed by atoms with van der Waals surface area (Å²) in [5, 5.41) is 2.14. The molecule has 35 heavy (non-hydrogen) atoms. The molecule has 5 aromatic rings. The molecule has 0 bridgehead atoms. The van der Waals surface area contributed by atoms with Crippen LogP contribution < -0.4 is 11.2 Å². The third-order valence-electron chi connectivity index (χ3n) is 6.96. The van der Waals surface area contributed by atoms with Crippen molar-refractivity contribution < 1.29 is 4.42 Å². The van der Waals surface area contributed by atoms with Gasteiger partial charge in [0.2, 0.25) is 0 Å². The first-order chi connectivity index (χ1) is 17.0.